The zero-order chi connectivity index (χ0) is 25.6. The lowest BCUT2D eigenvalue weighted by molar-refractivity contribution is 0.414. The number of ether oxygens (including phenoxy) is 2. The first-order valence-electron chi connectivity index (χ1n) is 11.9. The molecule has 6 rings (SSSR count). The van der Waals surface area contributed by atoms with Crippen LogP contribution in [0.3, 0.4) is 0 Å². The number of pyridine rings is 1. The van der Waals surface area contributed by atoms with Crippen molar-refractivity contribution in [2.24, 2.45) is 0 Å². The minimum atomic E-state index is -3.78. The first-order valence-corrected chi connectivity index (χ1v) is 13.7. The van der Waals surface area contributed by atoms with Gasteiger partial charge in [-0.15, -0.1) is 0 Å². The Labute approximate surface area is 219 Å². The van der Waals surface area contributed by atoms with Crippen molar-refractivity contribution < 1.29 is 22.4 Å². The van der Waals surface area contributed by atoms with Gasteiger partial charge in [-0.2, -0.15) is 4.98 Å². The monoisotopic (exact) mass is 538 g/mol. The largest absolute Gasteiger partial charge is 0.497 e. The van der Waals surface area contributed by atoms with Crippen LogP contribution >= 0.6 is 11.6 Å². The number of methoxy groups -OCH3 is 1. The maximum Gasteiger partial charge on any atom is 0.264 e. The van der Waals surface area contributed by atoms with Gasteiger partial charge in [0.1, 0.15) is 16.7 Å². The SMILES string of the molecule is COc1ccc(S(=O)(=O)N2CCCc3ccc(Oc4cc(-c5nc(C6CC6)no5)cc(Cl)n4)cc32)cc1. The van der Waals surface area contributed by atoms with Crippen LogP contribution in [-0.2, 0) is 16.4 Å². The molecule has 0 radical (unpaired) electrons. The van der Waals surface area contributed by atoms with Crippen molar-refractivity contribution in [1.82, 2.24) is 15.1 Å². The fourth-order valence-corrected chi connectivity index (χ4v) is 6.07. The van der Waals surface area contributed by atoms with Crippen molar-refractivity contribution in [3.8, 4) is 28.8 Å². The van der Waals surface area contributed by atoms with Crippen LogP contribution in [0.5, 0.6) is 17.4 Å². The van der Waals surface area contributed by atoms with Crippen LogP contribution in [0.2, 0.25) is 5.15 Å². The number of fused-ring (bicyclic) bond motifs is 1. The predicted octanol–water partition coefficient (Wildman–Crippen LogP) is 5.60. The van der Waals surface area contributed by atoms with Crippen LogP contribution in [0.25, 0.3) is 11.5 Å². The molecule has 0 N–H and O–H groups in total. The molecule has 37 heavy (non-hydrogen) atoms. The third kappa shape index (κ3) is 4.74. The third-order valence-electron chi connectivity index (χ3n) is 6.40. The summed E-state index contributed by atoms with van der Waals surface area (Å²) in [5.41, 5.74) is 2.10. The lowest BCUT2D eigenvalue weighted by Crippen LogP contribution is -2.35. The number of nitrogens with zero attached hydrogens (tertiary/aromatic N) is 4. The summed E-state index contributed by atoms with van der Waals surface area (Å²) in [5, 5.41) is 4.26. The highest BCUT2D eigenvalue weighted by Crippen LogP contribution is 2.40. The smallest absolute Gasteiger partial charge is 0.264 e. The van der Waals surface area contributed by atoms with Crippen LogP contribution in [0.1, 0.15) is 36.6 Å². The maximum atomic E-state index is 13.5. The molecule has 2 aromatic carbocycles. The highest BCUT2D eigenvalue weighted by Gasteiger charge is 2.30. The average Bonchev–Trinajstić information content (AvgIpc) is 3.64. The molecule has 4 aromatic rings. The van der Waals surface area contributed by atoms with Crippen LogP contribution in [-0.4, -0.2) is 37.2 Å². The van der Waals surface area contributed by atoms with Gasteiger partial charge in [0.05, 0.1) is 17.7 Å². The first kappa shape index (κ1) is 23.7. The van der Waals surface area contributed by atoms with E-state index < -0.39 is 10.0 Å². The van der Waals surface area contributed by atoms with Gasteiger partial charge in [-0.05, 0) is 67.6 Å². The van der Waals surface area contributed by atoms with Crippen molar-refractivity contribution in [1.29, 1.82) is 0 Å². The van der Waals surface area contributed by atoms with Crippen molar-refractivity contribution in [3.05, 3.63) is 71.1 Å². The quantitative estimate of drug-likeness (QED) is 0.280. The van der Waals surface area contributed by atoms with E-state index in [0.717, 1.165) is 31.2 Å². The summed E-state index contributed by atoms with van der Waals surface area (Å²) in [6.07, 6.45) is 3.61. The molecule has 9 nitrogen and oxygen atoms in total. The highest BCUT2D eigenvalue weighted by atomic mass is 35.5. The van der Waals surface area contributed by atoms with Crippen LogP contribution in [0, 0.1) is 0 Å². The van der Waals surface area contributed by atoms with Gasteiger partial charge in [0.15, 0.2) is 5.82 Å². The predicted molar refractivity (Wildman–Crippen MR) is 137 cm³/mol. The van der Waals surface area contributed by atoms with E-state index in [9.17, 15) is 8.42 Å². The van der Waals surface area contributed by atoms with Crippen molar-refractivity contribution in [2.45, 2.75) is 36.5 Å². The molecule has 0 bridgehead atoms. The second-order valence-corrected chi connectivity index (χ2v) is 11.2. The molecule has 0 atom stereocenters. The first-order chi connectivity index (χ1) is 17.9. The Morgan fingerprint density at radius 3 is 2.57 bits per heavy atom. The zero-order valence-corrected chi connectivity index (χ0v) is 21.5. The number of hydrogen-bond donors (Lipinski definition) is 0. The molecule has 0 unspecified atom stereocenters. The number of hydrogen-bond acceptors (Lipinski definition) is 8. The normalized spacial score (nSPS) is 15.4. The van der Waals surface area contributed by atoms with Crippen LogP contribution in [0.4, 0.5) is 5.69 Å². The van der Waals surface area contributed by atoms with E-state index in [4.69, 9.17) is 25.6 Å². The number of aryl methyl sites for hydroxylation is 1. The lowest BCUT2D eigenvalue weighted by atomic mass is 10.0. The second kappa shape index (κ2) is 9.35. The van der Waals surface area contributed by atoms with E-state index in [1.807, 2.05) is 6.07 Å². The molecule has 0 saturated heterocycles. The van der Waals surface area contributed by atoms with E-state index in [2.05, 4.69) is 15.1 Å². The summed E-state index contributed by atoms with van der Waals surface area (Å²) in [6, 6.07) is 15.1. The van der Waals surface area contributed by atoms with E-state index >= 15 is 0 Å². The third-order valence-corrected chi connectivity index (χ3v) is 8.43. The summed E-state index contributed by atoms with van der Waals surface area (Å²) < 4.78 is 45.0. The van der Waals surface area contributed by atoms with Crippen LogP contribution in [0.15, 0.2) is 64.0 Å². The Balaban J connectivity index is 1.30. The van der Waals surface area contributed by atoms with Gasteiger partial charge in [-0.3, -0.25) is 4.31 Å². The number of benzene rings is 2. The number of rotatable bonds is 7. The molecule has 0 spiro atoms. The molecule has 1 fully saturated rings. The molecule has 2 aliphatic rings. The van der Waals surface area contributed by atoms with E-state index in [1.165, 1.54) is 11.4 Å². The Bertz CT molecular complexity index is 1570. The van der Waals surface area contributed by atoms with Crippen molar-refractivity contribution in [3.63, 3.8) is 0 Å². The van der Waals surface area contributed by atoms with E-state index in [1.54, 1.807) is 48.5 Å². The van der Waals surface area contributed by atoms with Gasteiger partial charge in [0.2, 0.25) is 5.88 Å². The molecule has 1 saturated carbocycles. The van der Waals surface area contributed by atoms with Gasteiger partial charge in [-0.1, -0.05) is 22.8 Å². The number of aromatic nitrogens is 3. The summed E-state index contributed by atoms with van der Waals surface area (Å²) in [6.45, 7) is 0.366. The zero-order valence-electron chi connectivity index (χ0n) is 19.9. The molecule has 11 heteroatoms. The molecule has 0 amide bonds. The lowest BCUT2D eigenvalue weighted by Gasteiger charge is -2.30. The molecule has 190 valence electrons. The van der Waals surface area contributed by atoms with Crippen molar-refractivity contribution in [2.75, 3.05) is 18.0 Å². The minimum Gasteiger partial charge on any atom is -0.497 e. The highest BCUT2D eigenvalue weighted by molar-refractivity contribution is 7.92. The maximum absolute atomic E-state index is 13.5. The fraction of sp³-hybridized carbons (Fsp3) is 0.269. The molecule has 2 aromatic heterocycles. The van der Waals surface area contributed by atoms with Crippen molar-refractivity contribution >= 4 is 27.3 Å². The van der Waals surface area contributed by atoms with E-state index in [0.29, 0.717) is 46.9 Å². The number of sulfonamides is 1. The summed E-state index contributed by atoms with van der Waals surface area (Å²) in [5.74, 6) is 2.65. The number of anilines is 1. The Morgan fingerprint density at radius 2 is 1.81 bits per heavy atom. The van der Waals surface area contributed by atoms with E-state index in [-0.39, 0.29) is 15.9 Å². The molecular weight excluding hydrogens is 516 g/mol. The van der Waals surface area contributed by atoms with Gasteiger partial charge >= 0.3 is 0 Å². The topological polar surface area (TPSA) is 108 Å². The summed E-state index contributed by atoms with van der Waals surface area (Å²) >= 11 is 6.26. The van der Waals surface area contributed by atoms with Gasteiger partial charge in [-0.25, -0.2) is 13.4 Å². The number of halogens is 1. The standard InChI is InChI=1S/C26H23ClN4O5S/c1-34-19-8-10-21(11-9-19)37(32,33)31-12-2-3-16-6-7-20(15-22(16)31)35-24-14-18(13-23(27)28-24)26-29-25(30-36-26)17-4-5-17/h6-11,13-15,17H,2-5,12H2,1H3. The Kier molecular flexibility index (Phi) is 6.00. The van der Waals surface area contributed by atoms with Gasteiger partial charge in [0, 0.05) is 30.2 Å². The van der Waals surface area contributed by atoms with Crippen LogP contribution < -0.4 is 13.8 Å². The van der Waals surface area contributed by atoms with Gasteiger partial charge < -0.3 is 14.0 Å². The molecule has 1 aliphatic carbocycles. The molecular formula is C26H23ClN4O5S. The Hall–Kier alpha value is -3.63. The van der Waals surface area contributed by atoms with Gasteiger partial charge in [0.25, 0.3) is 15.9 Å². The summed E-state index contributed by atoms with van der Waals surface area (Å²) in [4.78, 5) is 8.92. The average molecular weight is 539 g/mol. The summed E-state index contributed by atoms with van der Waals surface area (Å²) in [7, 11) is -2.24. The minimum absolute atomic E-state index is 0.193. The Morgan fingerprint density at radius 1 is 1.03 bits per heavy atom. The molecule has 3 heterocycles. The fourth-order valence-electron chi connectivity index (χ4n) is 4.34. The second-order valence-electron chi connectivity index (χ2n) is 9.00. The molecule has 1 aliphatic heterocycles.